The van der Waals surface area contributed by atoms with Gasteiger partial charge in [0.15, 0.2) is 5.82 Å². The molecule has 0 fully saturated rings. The van der Waals surface area contributed by atoms with E-state index in [0.717, 1.165) is 10.9 Å². The second-order valence-electron chi connectivity index (χ2n) is 6.81. The van der Waals surface area contributed by atoms with Crippen LogP contribution in [0.15, 0.2) is 41.3 Å². The SMILES string of the molecule is CC(C)C(Nc1nc(Nc2ccc3ncccc3c2)c(C(N)=O)c(=O)[nH]1)C(N)=O. The number of pyridine rings is 1. The number of carbonyl (C=O) groups excluding carboxylic acids is 2. The van der Waals surface area contributed by atoms with Crippen molar-refractivity contribution in [2.75, 3.05) is 10.6 Å². The molecule has 29 heavy (non-hydrogen) atoms. The molecule has 0 aliphatic rings. The number of H-pyrrole nitrogens is 1. The van der Waals surface area contributed by atoms with E-state index in [9.17, 15) is 14.4 Å². The highest BCUT2D eigenvalue weighted by Crippen LogP contribution is 2.22. The van der Waals surface area contributed by atoms with Crippen LogP contribution in [0.25, 0.3) is 10.9 Å². The van der Waals surface area contributed by atoms with Gasteiger partial charge in [0.1, 0.15) is 11.6 Å². The summed E-state index contributed by atoms with van der Waals surface area (Å²) in [5.74, 6) is -1.75. The third kappa shape index (κ3) is 4.32. The summed E-state index contributed by atoms with van der Waals surface area (Å²) in [6.07, 6.45) is 1.68. The first-order valence-corrected chi connectivity index (χ1v) is 8.88. The Kier molecular flexibility index (Phi) is 5.44. The van der Waals surface area contributed by atoms with Crippen molar-refractivity contribution in [1.82, 2.24) is 15.0 Å². The number of hydrogen-bond acceptors (Lipinski definition) is 7. The van der Waals surface area contributed by atoms with E-state index >= 15 is 0 Å². The predicted octanol–water partition coefficient (Wildman–Crippen LogP) is 1.08. The predicted molar refractivity (Wildman–Crippen MR) is 110 cm³/mol. The lowest BCUT2D eigenvalue weighted by Gasteiger charge is -2.20. The molecule has 0 spiro atoms. The first-order valence-electron chi connectivity index (χ1n) is 8.88. The minimum atomic E-state index is -0.939. The van der Waals surface area contributed by atoms with Gasteiger partial charge in [0, 0.05) is 17.3 Å². The number of primary amides is 2. The van der Waals surface area contributed by atoms with Crippen LogP contribution in [0, 0.1) is 5.92 Å². The van der Waals surface area contributed by atoms with Gasteiger partial charge in [-0.05, 0) is 30.2 Å². The number of fused-ring (bicyclic) bond motifs is 1. The average molecular weight is 395 g/mol. The first kappa shape index (κ1) is 19.8. The molecule has 3 aromatic rings. The molecule has 1 aromatic carbocycles. The van der Waals surface area contributed by atoms with Gasteiger partial charge in [0.2, 0.25) is 11.9 Å². The summed E-state index contributed by atoms with van der Waals surface area (Å²) in [4.78, 5) is 46.8. The molecular formula is C19H21N7O3. The van der Waals surface area contributed by atoms with Crippen LogP contribution in [-0.2, 0) is 4.79 Å². The molecule has 2 heterocycles. The Hall–Kier alpha value is -3.95. The first-order chi connectivity index (χ1) is 13.8. The van der Waals surface area contributed by atoms with Gasteiger partial charge in [-0.1, -0.05) is 19.9 Å². The van der Waals surface area contributed by atoms with E-state index in [1.54, 1.807) is 44.3 Å². The van der Waals surface area contributed by atoms with Crippen molar-refractivity contribution in [3.63, 3.8) is 0 Å². The van der Waals surface area contributed by atoms with Crippen LogP contribution in [0.3, 0.4) is 0 Å². The van der Waals surface area contributed by atoms with E-state index < -0.39 is 23.4 Å². The molecule has 2 aromatic heterocycles. The minimum absolute atomic E-state index is 0.0116. The van der Waals surface area contributed by atoms with Crippen molar-refractivity contribution >= 4 is 40.2 Å². The second-order valence-corrected chi connectivity index (χ2v) is 6.81. The zero-order valence-corrected chi connectivity index (χ0v) is 15.9. The molecule has 7 N–H and O–H groups in total. The topological polar surface area (TPSA) is 169 Å². The molecule has 0 aliphatic heterocycles. The van der Waals surface area contributed by atoms with Crippen molar-refractivity contribution in [2.45, 2.75) is 19.9 Å². The monoisotopic (exact) mass is 395 g/mol. The maximum absolute atomic E-state index is 12.4. The van der Waals surface area contributed by atoms with Gasteiger partial charge in [-0.2, -0.15) is 4.98 Å². The summed E-state index contributed by atoms with van der Waals surface area (Å²) in [6, 6.07) is 8.22. The van der Waals surface area contributed by atoms with Crippen LogP contribution < -0.4 is 27.7 Å². The van der Waals surface area contributed by atoms with E-state index in [2.05, 4.69) is 25.6 Å². The van der Waals surface area contributed by atoms with Gasteiger partial charge in [0.25, 0.3) is 11.5 Å². The Labute approximate surface area is 165 Å². The Morgan fingerprint density at radius 3 is 2.59 bits per heavy atom. The van der Waals surface area contributed by atoms with Gasteiger partial charge in [-0.3, -0.25) is 24.4 Å². The van der Waals surface area contributed by atoms with Gasteiger partial charge < -0.3 is 22.1 Å². The summed E-state index contributed by atoms with van der Waals surface area (Å²) in [7, 11) is 0. The van der Waals surface area contributed by atoms with Gasteiger partial charge in [-0.15, -0.1) is 0 Å². The van der Waals surface area contributed by atoms with Crippen LogP contribution in [-0.4, -0.2) is 32.8 Å². The lowest BCUT2D eigenvalue weighted by atomic mass is 10.0. The summed E-state index contributed by atoms with van der Waals surface area (Å²) < 4.78 is 0. The fourth-order valence-electron chi connectivity index (χ4n) is 2.86. The molecule has 10 nitrogen and oxygen atoms in total. The van der Waals surface area contributed by atoms with Crippen LogP contribution in [0.4, 0.5) is 17.5 Å². The van der Waals surface area contributed by atoms with E-state index in [1.165, 1.54) is 0 Å². The fourth-order valence-corrected chi connectivity index (χ4v) is 2.86. The molecule has 1 unspecified atom stereocenters. The average Bonchev–Trinajstić information content (AvgIpc) is 2.65. The molecule has 0 bridgehead atoms. The number of benzene rings is 1. The fraction of sp³-hybridized carbons (Fsp3) is 0.211. The van der Waals surface area contributed by atoms with Gasteiger partial charge >= 0.3 is 0 Å². The second kappa shape index (κ2) is 7.97. The largest absolute Gasteiger partial charge is 0.368 e. The van der Waals surface area contributed by atoms with Crippen molar-refractivity contribution < 1.29 is 9.59 Å². The third-order valence-corrected chi connectivity index (χ3v) is 4.30. The van der Waals surface area contributed by atoms with Gasteiger partial charge in [0.05, 0.1) is 5.52 Å². The lowest BCUT2D eigenvalue weighted by Crippen LogP contribution is -2.40. The Bertz CT molecular complexity index is 1140. The number of amides is 2. The van der Waals surface area contributed by atoms with Crippen LogP contribution in [0.1, 0.15) is 24.2 Å². The smallest absolute Gasteiger partial charge is 0.267 e. The van der Waals surface area contributed by atoms with Crippen molar-refractivity contribution in [3.8, 4) is 0 Å². The molecule has 1 atom stereocenters. The highest BCUT2D eigenvalue weighted by molar-refractivity contribution is 5.98. The number of nitrogens with zero attached hydrogens (tertiary/aromatic N) is 2. The molecule has 0 aliphatic carbocycles. The van der Waals surface area contributed by atoms with Crippen LogP contribution in [0.2, 0.25) is 0 Å². The maximum Gasteiger partial charge on any atom is 0.267 e. The number of rotatable bonds is 7. The number of aromatic amines is 1. The Morgan fingerprint density at radius 1 is 1.17 bits per heavy atom. The summed E-state index contributed by atoms with van der Waals surface area (Å²) in [5.41, 5.74) is 11.1. The molecule has 0 saturated heterocycles. The van der Waals surface area contributed by atoms with E-state index in [0.29, 0.717) is 5.69 Å². The molecule has 3 rings (SSSR count). The quantitative estimate of drug-likeness (QED) is 0.398. The highest BCUT2D eigenvalue weighted by Gasteiger charge is 2.22. The summed E-state index contributed by atoms with van der Waals surface area (Å²) >= 11 is 0. The summed E-state index contributed by atoms with van der Waals surface area (Å²) in [5, 5.41) is 6.60. The highest BCUT2D eigenvalue weighted by atomic mass is 16.2. The molecular weight excluding hydrogens is 374 g/mol. The normalized spacial score (nSPS) is 12.0. The molecule has 2 amide bonds. The summed E-state index contributed by atoms with van der Waals surface area (Å²) in [6.45, 7) is 3.58. The van der Waals surface area contributed by atoms with Crippen molar-refractivity contribution in [2.24, 2.45) is 17.4 Å². The maximum atomic E-state index is 12.4. The van der Waals surface area contributed by atoms with Gasteiger partial charge in [-0.25, -0.2) is 0 Å². The third-order valence-electron chi connectivity index (χ3n) is 4.30. The van der Waals surface area contributed by atoms with E-state index in [1.807, 2.05) is 6.07 Å². The van der Waals surface area contributed by atoms with E-state index in [4.69, 9.17) is 11.5 Å². The standard InChI is InChI=1S/C19H21N7O3/c1-9(2)14(16(21)28)24-19-25-17(13(15(20)27)18(29)26-19)23-11-5-6-12-10(8-11)4-3-7-22-12/h3-9,14H,1-2H3,(H2,20,27)(H2,21,28)(H3,23,24,25,26,29). The van der Waals surface area contributed by atoms with Crippen molar-refractivity contribution in [1.29, 1.82) is 0 Å². The number of nitrogens with two attached hydrogens (primary N) is 2. The molecule has 10 heteroatoms. The Balaban J connectivity index is 2.02. The van der Waals surface area contributed by atoms with E-state index in [-0.39, 0.29) is 23.2 Å². The number of carbonyl (C=O) groups is 2. The van der Waals surface area contributed by atoms with Crippen molar-refractivity contribution in [3.05, 3.63) is 52.4 Å². The number of aromatic nitrogens is 3. The minimum Gasteiger partial charge on any atom is -0.368 e. The molecule has 0 radical (unpaired) electrons. The van der Waals surface area contributed by atoms with Crippen LogP contribution >= 0.6 is 0 Å². The van der Waals surface area contributed by atoms with Crippen LogP contribution in [0.5, 0.6) is 0 Å². The zero-order valence-electron chi connectivity index (χ0n) is 15.9. The zero-order chi connectivity index (χ0) is 21.1. The number of nitrogens with one attached hydrogen (secondary N) is 3. The Morgan fingerprint density at radius 2 is 1.93 bits per heavy atom. The lowest BCUT2D eigenvalue weighted by molar-refractivity contribution is -0.119. The molecule has 0 saturated carbocycles. The number of anilines is 3. The number of hydrogen-bond donors (Lipinski definition) is 5. The molecule has 150 valence electrons.